The summed E-state index contributed by atoms with van der Waals surface area (Å²) >= 11 is 0. The van der Waals surface area contributed by atoms with Crippen molar-refractivity contribution in [3.05, 3.63) is 54.2 Å². The van der Waals surface area contributed by atoms with E-state index in [-0.39, 0.29) is 19.2 Å². The highest BCUT2D eigenvalue weighted by Gasteiger charge is 2.14. The normalized spacial score (nSPS) is 12.4. The van der Waals surface area contributed by atoms with Gasteiger partial charge < -0.3 is 18.7 Å². The fraction of sp³-hybridized carbons (Fsp3) is 0.125. The van der Waals surface area contributed by atoms with Crippen LogP contribution < -0.4 is 14.2 Å². The van der Waals surface area contributed by atoms with Crippen LogP contribution in [0.15, 0.2) is 47.0 Å². The van der Waals surface area contributed by atoms with Gasteiger partial charge in [-0.3, -0.25) is 0 Å². The van der Waals surface area contributed by atoms with Crippen LogP contribution >= 0.6 is 0 Å². The molecule has 1 aromatic heterocycles. The molecule has 116 valence electrons. The highest BCUT2D eigenvalue weighted by molar-refractivity contribution is 5.53. The van der Waals surface area contributed by atoms with Gasteiger partial charge in [0.25, 0.3) is 5.89 Å². The number of ether oxygens (including phenoxy) is 3. The van der Waals surface area contributed by atoms with Gasteiger partial charge in [0.2, 0.25) is 12.6 Å². The van der Waals surface area contributed by atoms with Crippen molar-refractivity contribution in [3.63, 3.8) is 0 Å². The maximum absolute atomic E-state index is 12.9. The van der Waals surface area contributed by atoms with E-state index in [1.807, 2.05) is 0 Å². The average Bonchev–Trinajstić information content (AvgIpc) is 3.22. The minimum atomic E-state index is -0.316. The highest BCUT2D eigenvalue weighted by atomic mass is 19.1. The quantitative estimate of drug-likeness (QED) is 0.737. The second-order valence-electron chi connectivity index (χ2n) is 4.82. The zero-order chi connectivity index (χ0) is 15.6. The van der Waals surface area contributed by atoms with Gasteiger partial charge in [-0.25, -0.2) is 4.39 Å². The molecule has 0 saturated heterocycles. The minimum absolute atomic E-state index is 0.119. The predicted molar refractivity (Wildman–Crippen MR) is 76.6 cm³/mol. The van der Waals surface area contributed by atoms with Gasteiger partial charge in [0.1, 0.15) is 11.6 Å². The van der Waals surface area contributed by atoms with Gasteiger partial charge in [-0.05, 0) is 36.4 Å². The molecule has 6 nitrogen and oxygen atoms in total. The third-order valence-electron chi connectivity index (χ3n) is 3.28. The molecule has 0 aliphatic carbocycles. The first kappa shape index (κ1) is 13.6. The number of rotatable bonds is 4. The number of hydrogen-bond donors (Lipinski definition) is 0. The molecule has 0 saturated carbocycles. The Bertz CT molecular complexity index is 832. The predicted octanol–water partition coefficient (Wildman–Crippen LogP) is 3.18. The zero-order valence-electron chi connectivity index (χ0n) is 11.9. The second kappa shape index (κ2) is 5.60. The van der Waals surface area contributed by atoms with Crippen molar-refractivity contribution in [2.24, 2.45) is 0 Å². The van der Waals surface area contributed by atoms with Gasteiger partial charge in [-0.1, -0.05) is 5.16 Å². The van der Waals surface area contributed by atoms with Crippen LogP contribution in [0.25, 0.3) is 11.4 Å². The lowest BCUT2D eigenvalue weighted by atomic mass is 10.2. The molecule has 2 heterocycles. The van der Waals surface area contributed by atoms with E-state index in [4.69, 9.17) is 18.7 Å². The Hall–Kier alpha value is -3.09. The van der Waals surface area contributed by atoms with E-state index in [0.717, 1.165) is 0 Å². The molecule has 0 amide bonds. The van der Waals surface area contributed by atoms with Crippen molar-refractivity contribution in [2.45, 2.75) is 6.61 Å². The van der Waals surface area contributed by atoms with Crippen LogP contribution in [0.2, 0.25) is 0 Å². The highest BCUT2D eigenvalue weighted by Crippen LogP contribution is 2.35. The Balaban J connectivity index is 1.44. The van der Waals surface area contributed by atoms with Crippen molar-refractivity contribution >= 4 is 0 Å². The van der Waals surface area contributed by atoms with E-state index in [2.05, 4.69) is 10.1 Å². The SMILES string of the molecule is Fc1ccc(-c2noc(COc3ccc4c(c3)OCO4)n2)cc1. The molecule has 23 heavy (non-hydrogen) atoms. The number of fused-ring (bicyclic) bond motifs is 1. The van der Waals surface area contributed by atoms with Gasteiger partial charge in [-0.2, -0.15) is 4.98 Å². The third-order valence-corrected chi connectivity index (χ3v) is 3.28. The molecule has 0 N–H and O–H groups in total. The van der Waals surface area contributed by atoms with Crippen LogP contribution in [-0.2, 0) is 6.61 Å². The van der Waals surface area contributed by atoms with Gasteiger partial charge in [0.15, 0.2) is 18.1 Å². The molecular weight excluding hydrogens is 303 g/mol. The van der Waals surface area contributed by atoms with E-state index < -0.39 is 0 Å². The summed E-state index contributed by atoms with van der Waals surface area (Å²) in [6.07, 6.45) is 0. The summed E-state index contributed by atoms with van der Waals surface area (Å²) in [4.78, 5) is 4.22. The monoisotopic (exact) mass is 314 g/mol. The van der Waals surface area contributed by atoms with Gasteiger partial charge >= 0.3 is 0 Å². The summed E-state index contributed by atoms with van der Waals surface area (Å²) in [5.41, 5.74) is 0.671. The maximum Gasteiger partial charge on any atom is 0.264 e. The van der Waals surface area contributed by atoms with E-state index in [0.29, 0.717) is 34.5 Å². The lowest BCUT2D eigenvalue weighted by molar-refractivity contribution is 0.173. The van der Waals surface area contributed by atoms with Crippen LogP contribution in [0.1, 0.15) is 5.89 Å². The number of hydrogen-bond acceptors (Lipinski definition) is 6. The number of halogens is 1. The summed E-state index contributed by atoms with van der Waals surface area (Å²) in [5, 5.41) is 3.85. The smallest absolute Gasteiger partial charge is 0.264 e. The van der Waals surface area contributed by atoms with E-state index in [1.54, 1.807) is 30.3 Å². The first-order valence-electron chi connectivity index (χ1n) is 6.89. The molecule has 3 aromatic rings. The van der Waals surface area contributed by atoms with Crippen molar-refractivity contribution in [1.29, 1.82) is 0 Å². The molecule has 1 aliphatic rings. The Morgan fingerprint density at radius 3 is 2.74 bits per heavy atom. The fourth-order valence-corrected chi connectivity index (χ4v) is 2.14. The summed E-state index contributed by atoms with van der Waals surface area (Å²) in [6, 6.07) is 11.1. The molecule has 4 rings (SSSR count). The lowest BCUT2D eigenvalue weighted by Gasteiger charge is -2.03. The summed E-state index contributed by atoms with van der Waals surface area (Å²) in [6.45, 7) is 0.331. The molecular formula is C16H11FN2O4. The molecule has 0 unspecified atom stereocenters. The Morgan fingerprint density at radius 2 is 1.87 bits per heavy atom. The third kappa shape index (κ3) is 2.80. The van der Waals surface area contributed by atoms with Crippen molar-refractivity contribution < 1.29 is 23.1 Å². The van der Waals surface area contributed by atoms with Crippen LogP contribution in [0.5, 0.6) is 17.2 Å². The van der Waals surface area contributed by atoms with Crippen LogP contribution in [0, 0.1) is 5.82 Å². The van der Waals surface area contributed by atoms with E-state index in [1.165, 1.54) is 12.1 Å². The maximum atomic E-state index is 12.9. The number of aromatic nitrogens is 2. The van der Waals surface area contributed by atoms with Crippen LogP contribution in [0.4, 0.5) is 4.39 Å². The molecule has 7 heteroatoms. The molecule has 0 atom stereocenters. The lowest BCUT2D eigenvalue weighted by Crippen LogP contribution is -1.95. The molecule has 0 fully saturated rings. The van der Waals surface area contributed by atoms with Gasteiger partial charge in [-0.15, -0.1) is 0 Å². The van der Waals surface area contributed by atoms with Crippen molar-refractivity contribution in [3.8, 4) is 28.6 Å². The molecule has 1 aliphatic heterocycles. The molecule has 0 radical (unpaired) electrons. The Kier molecular flexibility index (Phi) is 3.30. The fourth-order valence-electron chi connectivity index (χ4n) is 2.14. The topological polar surface area (TPSA) is 66.6 Å². The number of benzene rings is 2. The standard InChI is InChI=1S/C16H11FN2O4/c17-11-3-1-10(2-4-11)16-18-15(23-19-16)8-20-12-5-6-13-14(7-12)22-9-21-13/h1-7H,8-9H2. The summed E-state index contributed by atoms with van der Waals surface area (Å²) in [5.74, 6) is 2.32. The first-order chi connectivity index (χ1) is 11.3. The van der Waals surface area contributed by atoms with E-state index >= 15 is 0 Å². The van der Waals surface area contributed by atoms with Crippen molar-refractivity contribution in [2.75, 3.05) is 6.79 Å². The van der Waals surface area contributed by atoms with Gasteiger partial charge in [0, 0.05) is 11.6 Å². The summed E-state index contributed by atoms with van der Waals surface area (Å²) < 4.78 is 34.1. The molecule has 2 aromatic carbocycles. The summed E-state index contributed by atoms with van der Waals surface area (Å²) in [7, 11) is 0. The average molecular weight is 314 g/mol. The Morgan fingerprint density at radius 1 is 1.04 bits per heavy atom. The molecule has 0 spiro atoms. The number of nitrogens with zero attached hydrogens (tertiary/aromatic N) is 2. The van der Waals surface area contributed by atoms with Gasteiger partial charge in [0.05, 0.1) is 0 Å². The first-order valence-corrected chi connectivity index (χ1v) is 6.89. The second-order valence-corrected chi connectivity index (χ2v) is 4.82. The largest absolute Gasteiger partial charge is 0.484 e. The van der Waals surface area contributed by atoms with E-state index in [9.17, 15) is 4.39 Å². The molecule has 0 bridgehead atoms. The van der Waals surface area contributed by atoms with Crippen LogP contribution in [-0.4, -0.2) is 16.9 Å². The Labute approximate surface area is 130 Å². The zero-order valence-corrected chi connectivity index (χ0v) is 11.9. The minimum Gasteiger partial charge on any atom is -0.484 e. The van der Waals surface area contributed by atoms with Crippen molar-refractivity contribution in [1.82, 2.24) is 10.1 Å². The van der Waals surface area contributed by atoms with Crippen LogP contribution in [0.3, 0.4) is 0 Å².